The molecule has 1 saturated heterocycles. The zero-order valence-corrected chi connectivity index (χ0v) is 21.9. The number of carbonyl (C=O) groups is 3. The number of aryl methyl sites for hydroxylation is 1. The van der Waals surface area contributed by atoms with Crippen molar-refractivity contribution in [3.05, 3.63) is 51.5 Å². The minimum atomic E-state index is -0.884. The SMILES string of the molecule is COc1cc(/C=N\NC(=O)C(=O)NC[C@H]2CCCO2)cc(Br)c1OCC(=O)Nc1cccc(C)c1C. The number of ether oxygens (including phenoxy) is 3. The van der Waals surface area contributed by atoms with Gasteiger partial charge in [-0.3, -0.25) is 14.4 Å². The molecule has 11 heteroatoms. The molecule has 0 aliphatic carbocycles. The molecule has 0 saturated carbocycles. The fraction of sp³-hybridized carbons (Fsp3) is 0.360. The molecular weight excluding hydrogens is 532 g/mol. The quantitative estimate of drug-likeness (QED) is 0.246. The molecule has 0 unspecified atom stereocenters. The molecule has 3 amide bonds. The van der Waals surface area contributed by atoms with Crippen molar-refractivity contribution in [2.24, 2.45) is 5.10 Å². The summed E-state index contributed by atoms with van der Waals surface area (Å²) in [7, 11) is 1.46. The summed E-state index contributed by atoms with van der Waals surface area (Å²) in [6.07, 6.45) is 3.09. The van der Waals surface area contributed by atoms with Gasteiger partial charge in [0, 0.05) is 18.8 Å². The van der Waals surface area contributed by atoms with Crippen molar-refractivity contribution in [2.45, 2.75) is 32.8 Å². The first-order valence-corrected chi connectivity index (χ1v) is 12.2. The molecule has 1 aliphatic heterocycles. The third-order valence-corrected chi connectivity index (χ3v) is 6.17. The molecule has 192 valence electrons. The van der Waals surface area contributed by atoms with Crippen LogP contribution in [0.3, 0.4) is 0 Å². The number of rotatable bonds is 9. The standard InChI is InChI=1S/C25H29BrN4O6/c1-15-6-4-8-20(16(15)2)29-22(31)14-36-23-19(26)10-17(11-21(23)34-3)12-28-30-25(33)24(32)27-13-18-7-5-9-35-18/h4,6,8,10-12,18H,5,7,9,13-14H2,1-3H3,(H,27,32)(H,29,31)(H,30,33)/b28-12-/t18-/m1/s1. The van der Waals surface area contributed by atoms with Gasteiger partial charge in [0.25, 0.3) is 5.91 Å². The smallest absolute Gasteiger partial charge is 0.329 e. The third kappa shape index (κ3) is 7.53. The van der Waals surface area contributed by atoms with Gasteiger partial charge in [-0.1, -0.05) is 12.1 Å². The summed E-state index contributed by atoms with van der Waals surface area (Å²) in [5.41, 5.74) is 5.54. The van der Waals surface area contributed by atoms with E-state index in [0.717, 1.165) is 29.7 Å². The molecule has 0 spiro atoms. The Labute approximate surface area is 217 Å². The molecule has 10 nitrogen and oxygen atoms in total. The van der Waals surface area contributed by atoms with E-state index in [9.17, 15) is 14.4 Å². The van der Waals surface area contributed by atoms with Gasteiger partial charge in [-0.2, -0.15) is 5.10 Å². The summed E-state index contributed by atoms with van der Waals surface area (Å²) in [6.45, 7) is 4.63. The van der Waals surface area contributed by atoms with Crippen molar-refractivity contribution in [2.75, 3.05) is 32.2 Å². The van der Waals surface area contributed by atoms with Crippen LogP contribution in [0.15, 0.2) is 39.9 Å². The molecule has 2 aromatic rings. The fourth-order valence-electron chi connectivity index (χ4n) is 3.47. The van der Waals surface area contributed by atoms with Crippen LogP contribution >= 0.6 is 15.9 Å². The monoisotopic (exact) mass is 560 g/mol. The van der Waals surface area contributed by atoms with E-state index in [1.807, 2.05) is 32.0 Å². The lowest BCUT2D eigenvalue weighted by atomic mass is 10.1. The van der Waals surface area contributed by atoms with Gasteiger partial charge in [-0.15, -0.1) is 0 Å². The summed E-state index contributed by atoms with van der Waals surface area (Å²) in [5.74, 6) is -1.30. The van der Waals surface area contributed by atoms with Crippen molar-refractivity contribution in [3.63, 3.8) is 0 Å². The maximum absolute atomic E-state index is 12.4. The van der Waals surface area contributed by atoms with Gasteiger partial charge >= 0.3 is 11.8 Å². The first kappa shape index (κ1) is 27.2. The van der Waals surface area contributed by atoms with E-state index in [1.54, 1.807) is 12.1 Å². The van der Waals surface area contributed by atoms with Gasteiger partial charge in [-0.25, -0.2) is 5.43 Å². The van der Waals surface area contributed by atoms with E-state index in [-0.39, 0.29) is 25.2 Å². The van der Waals surface area contributed by atoms with Gasteiger partial charge < -0.3 is 24.8 Å². The summed E-state index contributed by atoms with van der Waals surface area (Å²) in [4.78, 5) is 36.2. The second kappa shape index (κ2) is 13.0. The number of hydrazone groups is 1. The van der Waals surface area contributed by atoms with Crippen molar-refractivity contribution in [3.8, 4) is 11.5 Å². The van der Waals surface area contributed by atoms with Crippen LogP contribution < -0.4 is 25.5 Å². The summed E-state index contributed by atoms with van der Waals surface area (Å²) >= 11 is 3.41. The number of anilines is 1. The Morgan fingerprint density at radius 2 is 2.03 bits per heavy atom. The Morgan fingerprint density at radius 1 is 1.22 bits per heavy atom. The van der Waals surface area contributed by atoms with Crippen LogP contribution in [0.1, 0.15) is 29.5 Å². The largest absolute Gasteiger partial charge is 0.493 e. The predicted molar refractivity (Wildman–Crippen MR) is 138 cm³/mol. The molecule has 36 heavy (non-hydrogen) atoms. The van der Waals surface area contributed by atoms with Gasteiger partial charge in [0.15, 0.2) is 18.1 Å². The number of nitrogens with zero attached hydrogens (tertiary/aromatic N) is 1. The lowest BCUT2D eigenvalue weighted by molar-refractivity contribution is -0.139. The van der Waals surface area contributed by atoms with Crippen LogP contribution in [0.4, 0.5) is 5.69 Å². The molecule has 3 rings (SSSR count). The third-order valence-electron chi connectivity index (χ3n) is 5.58. The van der Waals surface area contributed by atoms with Crippen LogP contribution in [0.5, 0.6) is 11.5 Å². The number of carbonyl (C=O) groups excluding carboxylic acids is 3. The van der Waals surface area contributed by atoms with Crippen molar-refractivity contribution in [1.29, 1.82) is 0 Å². The lowest BCUT2D eigenvalue weighted by Gasteiger charge is -2.14. The fourth-order valence-corrected chi connectivity index (χ4v) is 4.05. The Morgan fingerprint density at radius 3 is 2.75 bits per heavy atom. The lowest BCUT2D eigenvalue weighted by Crippen LogP contribution is -2.41. The van der Waals surface area contributed by atoms with Crippen LogP contribution in [-0.2, 0) is 19.1 Å². The Kier molecular flexibility index (Phi) is 9.83. The average Bonchev–Trinajstić information content (AvgIpc) is 3.38. The molecule has 2 aromatic carbocycles. The van der Waals surface area contributed by atoms with Gasteiger partial charge in [-0.05, 0) is 77.5 Å². The molecule has 0 aromatic heterocycles. The Hall–Kier alpha value is -3.44. The molecule has 1 aliphatic rings. The van der Waals surface area contributed by atoms with Crippen molar-refractivity contribution in [1.82, 2.24) is 10.7 Å². The van der Waals surface area contributed by atoms with Gasteiger partial charge in [0.1, 0.15) is 0 Å². The topological polar surface area (TPSA) is 127 Å². The molecule has 3 N–H and O–H groups in total. The minimum absolute atomic E-state index is 0.0615. The van der Waals surface area contributed by atoms with Crippen LogP contribution in [0.25, 0.3) is 0 Å². The van der Waals surface area contributed by atoms with Crippen LogP contribution in [0.2, 0.25) is 0 Å². The van der Waals surface area contributed by atoms with E-state index in [0.29, 0.717) is 28.1 Å². The van der Waals surface area contributed by atoms with E-state index in [4.69, 9.17) is 14.2 Å². The first-order valence-electron chi connectivity index (χ1n) is 11.4. The molecule has 0 radical (unpaired) electrons. The maximum Gasteiger partial charge on any atom is 0.329 e. The van der Waals surface area contributed by atoms with E-state index >= 15 is 0 Å². The highest BCUT2D eigenvalue weighted by Gasteiger charge is 2.19. The number of hydrogen-bond acceptors (Lipinski definition) is 7. The molecule has 1 heterocycles. The maximum atomic E-state index is 12.4. The highest BCUT2D eigenvalue weighted by molar-refractivity contribution is 9.10. The van der Waals surface area contributed by atoms with Gasteiger partial charge in [0.2, 0.25) is 0 Å². The first-order chi connectivity index (χ1) is 17.3. The van der Waals surface area contributed by atoms with Crippen LogP contribution in [0, 0.1) is 13.8 Å². The predicted octanol–water partition coefficient (Wildman–Crippen LogP) is 2.84. The normalized spacial score (nSPS) is 14.9. The second-order valence-corrected chi connectivity index (χ2v) is 9.02. The van der Waals surface area contributed by atoms with Crippen molar-refractivity contribution >= 4 is 45.6 Å². The zero-order chi connectivity index (χ0) is 26.1. The van der Waals surface area contributed by atoms with E-state index in [2.05, 4.69) is 37.1 Å². The number of halogens is 1. The Balaban J connectivity index is 1.54. The number of nitrogens with one attached hydrogen (secondary N) is 3. The van der Waals surface area contributed by atoms with Gasteiger partial charge in [0.05, 0.1) is 23.9 Å². The highest BCUT2D eigenvalue weighted by Crippen LogP contribution is 2.36. The number of amides is 3. The minimum Gasteiger partial charge on any atom is -0.493 e. The average molecular weight is 561 g/mol. The number of benzene rings is 2. The summed E-state index contributed by atoms with van der Waals surface area (Å²) in [5, 5.41) is 9.19. The second-order valence-electron chi connectivity index (χ2n) is 8.16. The molecule has 1 fully saturated rings. The van der Waals surface area contributed by atoms with E-state index in [1.165, 1.54) is 13.3 Å². The summed E-state index contributed by atoms with van der Waals surface area (Å²) < 4.78 is 17.0. The summed E-state index contributed by atoms with van der Waals surface area (Å²) in [6, 6.07) is 8.97. The number of hydrogen-bond donors (Lipinski definition) is 3. The molecule has 1 atom stereocenters. The molecule has 0 bridgehead atoms. The highest BCUT2D eigenvalue weighted by atomic mass is 79.9. The van der Waals surface area contributed by atoms with Crippen LogP contribution in [-0.4, -0.2) is 56.9 Å². The van der Waals surface area contributed by atoms with Crippen molar-refractivity contribution < 1.29 is 28.6 Å². The molecular formula is C25H29BrN4O6. The Bertz CT molecular complexity index is 1150. The number of methoxy groups -OCH3 is 1. The van der Waals surface area contributed by atoms with E-state index < -0.39 is 11.8 Å². The zero-order valence-electron chi connectivity index (χ0n) is 20.4.